The average molecular weight is 344 g/mol. The minimum Gasteiger partial charge on any atom is -0.368 e. The second kappa shape index (κ2) is 8.40. The van der Waals surface area contributed by atoms with Crippen molar-refractivity contribution in [1.29, 1.82) is 0 Å². The molecule has 0 bridgehead atoms. The summed E-state index contributed by atoms with van der Waals surface area (Å²) in [5.74, 6) is 0.114. The molecule has 1 aliphatic rings. The Morgan fingerprint density at radius 1 is 1.42 bits per heavy atom. The second-order valence-electron chi connectivity index (χ2n) is 6.27. The molecule has 1 aliphatic heterocycles. The minimum absolute atomic E-state index is 0.114. The van der Waals surface area contributed by atoms with E-state index in [9.17, 15) is 4.79 Å². The zero-order valence-corrected chi connectivity index (χ0v) is 14.9. The Morgan fingerprint density at radius 2 is 2.25 bits per heavy atom. The first kappa shape index (κ1) is 17.1. The summed E-state index contributed by atoms with van der Waals surface area (Å²) in [4.78, 5) is 19.2. The first-order chi connectivity index (χ1) is 11.7. The second-order valence-corrected chi connectivity index (χ2v) is 7.25. The van der Waals surface area contributed by atoms with Crippen LogP contribution < -0.4 is 0 Å². The van der Waals surface area contributed by atoms with Gasteiger partial charge >= 0.3 is 0 Å². The maximum Gasteiger partial charge on any atom is 0.252 e. The van der Waals surface area contributed by atoms with Crippen LogP contribution in [-0.4, -0.2) is 34.5 Å². The van der Waals surface area contributed by atoms with Crippen LogP contribution in [0.3, 0.4) is 0 Å². The van der Waals surface area contributed by atoms with Gasteiger partial charge in [0.25, 0.3) is 5.91 Å². The van der Waals surface area contributed by atoms with Crippen LogP contribution in [-0.2, 0) is 22.5 Å². The molecular formula is C19H24N2O2S. The van der Waals surface area contributed by atoms with Gasteiger partial charge in [-0.15, -0.1) is 11.3 Å². The topological polar surface area (TPSA) is 42.4 Å². The smallest absolute Gasteiger partial charge is 0.252 e. The molecule has 4 nitrogen and oxygen atoms in total. The van der Waals surface area contributed by atoms with Crippen LogP contribution >= 0.6 is 11.3 Å². The van der Waals surface area contributed by atoms with Gasteiger partial charge in [0.05, 0.1) is 6.54 Å². The summed E-state index contributed by atoms with van der Waals surface area (Å²) < 4.78 is 5.62. The number of carbonyl (C=O) groups is 1. The number of ether oxygens (including phenoxy) is 1. The van der Waals surface area contributed by atoms with Crippen molar-refractivity contribution < 1.29 is 9.53 Å². The maximum absolute atomic E-state index is 12.9. The van der Waals surface area contributed by atoms with Gasteiger partial charge in [-0.1, -0.05) is 30.3 Å². The number of thiazole rings is 1. The average Bonchev–Trinajstić information content (AvgIpc) is 3.31. The number of aryl methyl sites for hydroxylation is 1. The Labute approximate surface area is 147 Å². The summed E-state index contributed by atoms with van der Waals surface area (Å²) in [7, 11) is 0. The highest BCUT2D eigenvalue weighted by molar-refractivity contribution is 7.09. The number of nitrogens with zero attached hydrogens (tertiary/aromatic N) is 2. The molecule has 3 rings (SSSR count). The van der Waals surface area contributed by atoms with E-state index in [-0.39, 0.29) is 18.1 Å². The molecule has 0 spiro atoms. The molecule has 2 heterocycles. The van der Waals surface area contributed by atoms with Crippen molar-refractivity contribution in [2.24, 2.45) is 0 Å². The molecule has 128 valence electrons. The lowest BCUT2D eigenvalue weighted by atomic mass is 10.0. The monoisotopic (exact) mass is 344 g/mol. The number of hydrogen-bond donors (Lipinski definition) is 0. The maximum atomic E-state index is 12.9. The molecule has 0 radical (unpaired) electrons. The molecule has 0 unspecified atom stereocenters. The number of carbonyl (C=O) groups excluding carboxylic acids is 1. The normalized spacial score (nSPS) is 18.5. The molecular weight excluding hydrogens is 320 g/mol. The third-order valence-corrected chi connectivity index (χ3v) is 5.27. The quantitative estimate of drug-likeness (QED) is 0.769. The van der Waals surface area contributed by atoms with Gasteiger partial charge in [0, 0.05) is 24.2 Å². The van der Waals surface area contributed by atoms with E-state index in [0.29, 0.717) is 13.2 Å². The zero-order valence-electron chi connectivity index (χ0n) is 14.1. The molecule has 24 heavy (non-hydrogen) atoms. The van der Waals surface area contributed by atoms with Crippen LogP contribution in [0.2, 0.25) is 0 Å². The fraction of sp³-hybridized carbons (Fsp3) is 0.474. The minimum atomic E-state index is -0.274. The molecule has 1 fully saturated rings. The van der Waals surface area contributed by atoms with Crippen LogP contribution in [0.5, 0.6) is 0 Å². The summed E-state index contributed by atoms with van der Waals surface area (Å²) in [6, 6.07) is 10.6. The van der Waals surface area contributed by atoms with Crippen molar-refractivity contribution >= 4 is 17.2 Å². The van der Waals surface area contributed by atoms with Gasteiger partial charge in [-0.2, -0.15) is 0 Å². The van der Waals surface area contributed by atoms with Crippen molar-refractivity contribution in [3.05, 3.63) is 52.5 Å². The molecule has 1 saturated heterocycles. The van der Waals surface area contributed by atoms with Gasteiger partial charge in [-0.05, 0) is 38.2 Å². The molecule has 2 atom stereocenters. The van der Waals surface area contributed by atoms with Crippen molar-refractivity contribution in [1.82, 2.24) is 9.88 Å². The van der Waals surface area contributed by atoms with E-state index >= 15 is 0 Å². The Hall–Kier alpha value is -1.72. The standard InChI is InChI=1S/C19H24N2O2S/c1-15(9-10-16-6-3-2-4-7-16)21(14-18-20-11-13-24-18)19(22)17-8-5-12-23-17/h2-4,6-7,11,13,15,17H,5,8-10,12,14H2,1H3/t15-,17+/m0/s1. The van der Waals surface area contributed by atoms with E-state index in [1.807, 2.05) is 16.3 Å². The predicted octanol–water partition coefficient (Wildman–Crippen LogP) is 3.67. The number of rotatable bonds is 7. The van der Waals surface area contributed by atoms with E-state index in [1.165, 1.54) is 5.56 Å². The molecule has 0 saturated carbocycles. The van der Waals surface area contributed by atoms with E-state index in [1.54, 1.807) is 17.5 Å². The SMILES string of the molecule is C[C@@H](CCc1ccccc1)N(Cc1nccs1)C(=O)[C@H]1CCCO1. The van der Waals surface area contributed by atoms with E-state index in [2.05, 4.69) is 36.2 Å². The summed E-state index contributed by atoms with van der Waals surface area (Å²) >= 11 is 1.60. The largest absolute Gasteiger partial charge is 0.368 e. The number of benzene rings is 1. The molecule has 1 aromatic carbocycles. The Kier molecular flexibility index (Phi) is 5.99. The van der Waals surface area contributed by atoms with Gasteiger partial charge in [0.2, 0.25) is 0 Å². The zero-order chi connectivity index (χ0) is 16.8. The number of amides is 1. The lowest BCUT2D eigenvalue weighted by molar-refractivity contribution is -0.143. The molecule has 5 heteroatoms. The molecule has 1 aromatic heterocycles. The molecule has 0 aliphatic carbocycles. The van der Waals surface area contributed by atoms with Crippen molar-refractivity contribution in [3.8, 4) is 0 Å². The highest BCUT2D eigenvalue weighted by atomic mass is 32.1. The lowest BCUT2D eigenvalue weighted by Gasteiger charge is -2.30. The van der Waals surface area contributed by atoms with Gasteiger partial charge < -0.3 is 9.64 Å². The molecule has 2 aromatic rings. The highest BCUT2D eigenvalue weighted by Crippen LogP contribution is 2.21. The first-order valence-electron chi connectivity index (χ1n) is 8.58. The Morgan fingerprint density at radius 3 is 2.92 bits per heavy atom. The Bertz CT molecular complexity index is 624. The van der Waals surface area contributed by atoms with Crippen molar-refractivity contribution in [2.45, 2.75) is 51.3 Å². The van der Waals surface area contributed by atoms with Crippen LogP contribution in [0.25, 0.3) is 0 Å². The summed E-state index contributed by atoms with van der Waals surface area (Å²) in [6.07, 6.45) is 5.23. The Balaban J connectivity index is 1.66. The fourth-order valence-corrected chi connectivity index (χ4v) is 3.68. The van der Waals surface area contributed by atoms with Crippen LogP contribution in [0, 0.1) is 0 Å². The third kappa shape index (κ3) is 4.42. The van der Waals surface area contributed by atoms with E-state index < -0.39 is 0 Å². The van der Waals surface area contributed by atoms with Gasteiger partial charge in [-0.25, -0.2) is 4.98 Å². The van der Waals surface area contributed by atoms with Gasteiger partial charge in [0.1, 0.15) is 11.1 Å². The molecule has 0 N–H and O–H groups in total. The molecule has 1 amide bonds. The fourth-order valence-electron chi connectivity index (χ4n) is 3.06. The first-order valence-corrected chi connectivity index (χ1v) is 9.46. The highest BCUT2D eigenvalue weighted by Gasteiger charge is 2.31. The predicted molar refractivity (Wildman–Crippen MR) is 95.9 cm³/mol. The summed E-state index contributed by atoms with van der Waals surface area (Å²) in [5.41, 5.74) is 1.31. The van der Waals surface area contributed by atoms with Crippen LogP contribution in [0.15, 0.2) is 41.9 Å². The van der Waals surface area contributed by atoms with Crippen molar-refractivity contribution in [3.63, 3.8) is 0 Å². The number of hydrogen-bond acceptors (Lipinski definition) is 4. The van der Waals surface area contributed by atoms with Crippen LogP contribution in [0.4, 0.5) is 0 Å². The number of aromatic nitrogens is 1. The lowest BCUT2D eigenvalue weighted by Crippen LogP contribution is -2.44. The summed E-state index contributed by atoms with van der Waals surface area (Å²) in [6.45, 7) is 3.40. The van der Waals surface area contributed by atoms with Gasteiger partial charge in [0.15, 0.2) is 0 Å². The van der Waals surface area contributed by atoms with E-state index in [0.717, 1.165) is 30.7 Å². The van der Waals surface area contributed by atoms with Crippen LogP contribution in [0.1, 0.15) is 36.8 Å². The van der Waals surface area contributed by atoms with E-state index in [4.69, 9.17) is 4.74 Å². The van der Waals surface area contributed by atoms with Crippen molar-refractivity contribution in [2.75, 3.05) is 6.61 Å². The third-order valence-electron chi connectivity index (χ3n) is 4.50. The summed E-state index contributed by atoms with van der Waals surface area (Å²) in [5, 5.41) is 2.94. The van der Waals surface area contributed by atoms with Gasteiger partial charge in [-0.3, -0.25) is 4.79 Å².